The number of nitrogens with one attached hydrogen (secondary N) is 2. The van der Waals surface area contributed by atoms with Crippen LogP contribution in [0, 0.1) is 0 Å². The van der Waals surface area contributed by atoms with Crippen molar-refractivity contribution in [3.8, 4) is 0 Å². The third-order valence-electron chi connectivity index (χ3n) is 5.55. The van der Waals surface area contributed by atoms with Crippen LogP contribution >= 0.6 is 0 Å². The van der Waals surface area contributed by atoms with E-state index < -0.39 is 33.5 Å². The van der Waals surface area contributed by atoms with Crippen LogP contribution in [0.3, 0.4) is 0 Å². The highest BCUT2D eigenvalue weighted by atomic mass is 32.2. The lowest BCUT2D eigenvalue weighted by Gasteiger charge is -2.19. The van der Waals surface area contributed by atoms with Gasteiger partial charge in [-0.15, -0.1) is 0 Å². The van der Waals surface area contributed by atoms with Crippen LogP contribution in [0.15, 0.2) is 53.4 Å². The van der Waals surface area contributed by atoms with Gasteiger partial charge in [-0.05, 0) is 48.6 Å². The Bertz CT molecular complexity index is 1160. The summed E-state index contributed by atoms with van der Waals surface area (Å²) in [5, 5.41) is 5.24. The van der Waals surface area contributed by atoms with Crippen LogP contribution in [0.2, 0.25) is 0 Å². The molecule has 0 aromatic heterocycles. The maximum absolute atomic E-state index is 13.0. The first-order chi connectivity index (χ1) is 16.8. The number of fused-ring (bicyclic) bond motifs is 1. The molecule has 3 rings (SSSR count). The van der Waals surface area contributed by atoms with Crippen molar-refractivity contribution in [2.24, 2.45) is 0 Å². The number of hydrogen-bond donors (Lipinski definition) is 2. The van der Waals surface area contributed by atoms with Crippen molar-refractivity contribution in [2.75, 3.05) is 26.1 Å². The first kappa shape index (κ1) is 26.5. The van der Waals surface area contributed by atoms with E-state index in [4.69, 9.17) is 9.47 Å². The van der Waals surface area contributed by atoms with Gasteiger partial charge in [-0.2, -0.15) is 0 Å². The zero-order chi connectivity index (χ0) is 25.3. The van der Waals surface area contributed by atoms with Crippen molar-refractivity contribution < 1.29 is 32.3 Å². The van der Waals surface area contributed by atoms with Crippen molar-refractivity contribution in [1.82, 2.24) is 10.6 Å². The first-order valence-electron chi connectivity index (χ1n) is 11.4. The minimum Gasteiger partial charge on any atom is -0.379 e. The van der Waals surface area contributed by atoms with Crippen LogP contribution < -0.4 is 10.6 Å². The molecule has 2 N–H and O–H groups in total. The fourth-order valence-corrected chi connectivity index (χ4v) is 4.33. The molecule has 188 valence electrons. The van der Waals surface area contributed by atoms with Crippen LogP contribution in [0.25, 0.3) is 0 Å². The molecule has 1 atom stereocenters. The number of carbonyl (C=O) groups excluding carboxylic acids is 3. The Morgan fingerprint density at radius 2 is 1.80 bits per heavy atom. The molecule has 2 amide bonds. The molecule has 1 heterocycles. The Balaban J connectivity index is 1.71. The van der Waals surface area contributed by atoms with Crippen LogP contribution in [0.1, 0.15) is 40.7 Å². The summed E-state index contributed by atoms with van der Waals surface area (Å²) < 4.78 is 34.6. The Labute approximate surface area is 205 Å². The Hall–Kier alpha value is -3.08. The lowest BCUT2D eigenvalue weighted by molar-refractivity contribution is -0.139. The molecule has 2 aromatic rings. The van der Waals surface area contributed by atoms with Crippen molar-refractivity contribution in [1.29, 1.82) is 0 Å². The normalized spacial score (nSPS) is 18.0. The molecule has 2 aromatic carbocycles. The van der Waals surface area contributed by atoms with Crippen LogP contribution in [-0.4, -0.2) is 58.1 Å². The number of ketones is 1. The van der Waals surface area contributed by atoms with Crippen LogP contribution in [-0.2, 0) is 42.1 Å². The Morgan fingerprint density at radius 1 is 1.03 bits per heavy atom. The lowest BCUT2D eigenvalue weighted by Crippen LogP contribution is -2.47. The number of benzene rings is 2. The van der Waals surface area contributed by atoms with Crippen molar-refractivity contribution in [3.05, 3.63) is 65.2 Å². The summed E-state index contributed by atoms with van der Waals surface area (Å²) in [4.78, 5) is 38.7. The van der Waals surface area contributed by atoms with E-state index >= 15 is 0 Å². The lowest BCUT2D eigenvalue weighted by atomic mass is 10.0. The van der Waals surface area contributed by atoms with Gasteiger partial charge in [0.25, 0.3) is 11.8 Å². The largest absolute Gasteiger partial charge is 0.379 e. The predicted molar refractivity (Wildman–Crippen MR) is 128 cm³/mol. The Morgan fingerprint density at radius 3 is 2.60 bits per heavy atom. The maximum Gasteiger partial charge on any atom is 0.289 e. The number of Topliss-reactive ketones (excluding diaryl/α,β-unsaturated/α-hetero) is 1. The third kappa shape index (κ3) is 7.98. The third-order valence-corrected chi connectivity index (χ3v) is 6.66. The summed E-state index contributed by atoms with van der Waals surface area (Å²) >= 11 is 0. The van der Waals surface area contributed by atoms with Crippen molar-refractivity contribution >= 4 is 27.4 Å². The maximum atomic E-state index is 13.0. The van der Waals surface area contributed by atoms with Gasteiger partial charge in [0.2, 0.25) is 5.78 Å². The molecule has 0 saturated carbocycles. The molecule has 35 heavy (non-hydrogen) atoms. The number of carbonyl (C=O) groups is 3. The first-order valence-corrected chi connectivity index (χ1v) is 13.3. The molecule has 0 saturated heterocycles. The Kier molecular flexibility index (Phi) is 9.53. The summed E-state index contributed by atoms with van der Waals surface area (Å²) in [6, 6.07) is 12.1. The molecule has 0 aliphatic carbocycles. The van der Waals surface area contributed by atoms with E-state index in [-0.39, 0.29) is 24.5 Å². The average molecular weight is 503 g/mol. The van der Waals surface area contributed by atoms with Crippen LogP contribution in [0.4, 0.5) is 0 Å². The fourth-order valence-electron chi connectivity index (χ4n) is 3.64. The minimum atomic E-state index is -3.40. The van der Waals surface area contributed by atoms with Gasteiger partial charge < -0.3 is 20.1 Å². The molecule has 10 heteroatoms. The van der Waals surface area contributed by atoms with E-state index in [0.29, 0.717) is 49.4 Å². The van der Waals surface area contributed by atoms with Crippen LogP contribution in [0.5, 0.6) is 0 Å². The predicted octanol–water partition coefficient (Wildman–Crippen LogP) is 1.79. The molecule has 0 bridgehead atoms. The molecule has 0 spiro atoms. The van der Waals surface area contributed by atoms with E-state index in [9.17, 15) is 22.8 Å². The summed E-state index contributed by atoms with van der Waals surface area (Å²) in [5.41, 5.74) is 1.58. The monoisotopic (exact) mass is 502 g/mol. The second kappa shape index (κ2) is 12.6. The van der Waals surface area contributed by atoms with Gasteiger partial charge in [0, 0.05) is 25.0 Å². The van der Waals surface area contributed by atoms with Gasteiger partial charge in [-0.1, -0.05) is 30.3 Å². The molecule has 9 nitrogen and oxygen atoms in total. The van der Waals surface area contributed by atoms with Gasteiger partial charge in [-0.25, -0.2) is 8.42 Å². The van der Waals surface area contributed by atoms with E-state index in [1.807, 2.05) is 0 Å². The number of amides is 2. The van der Waals surface area contributed by atoms with Gasteiger partial charge in [-0.3, -0.25) is 14.4 Å². The SMILES string of the molecule is CS(=O)(=O)c1cccc(CNC(=O)C(=O)C2CCCCOCCOCc3ccccc3C(=O)N2)c1. The summed E-state index contributed by atoms with van der Waals surface area (Å²) in [6.07, 6.45) is 2.61. The van der Waals surface area contributed by atoms with E-state index in [1.54, 1.807) is 36.4 Å². The van der Waals surface area contributed by atoms with Crippen molar-refractivity contribution in [2.45, 2.75) is 43.4 Å². The van der Waals surface area contributed by atoms with Gasteiger partial charge in [0.1, 0.15) is 0 Å². The zero-order valence-electron chi connectivity index (χ0n) is 19.6. The standard InChI is InChI=1S/C25H30N2O7S/c1-35(31,32)20-9-6-7-18(15-20)16-26-25(30)23(28)22-11-4-5-12-33-13-14-34-17-19-8-2-3-10-21(19)24(29)27-22/h2-3,6-10,15,22H,4-5,11-14,16-17H2,1H3,(H,26,30)(H,27,29). The fraction of sp³-hybridized carbons (Fsp3) is 0.400. The topological polar surface area (TPSA) is 128 Å². The summed E-state index contributed by atoms with van der Waals surface area (Å²) in [5.74, 6) is -2.07. The highest BCUT2D eigenvalue weighted by molar-refractivity contribution is 7.90. The molecule has 0 fully saturated rings. The van der Waals surface area contributed by atoms with E-state index in [2.05, 4.69) is 10.6 Å². The average Bonchev–Trinajstić information content (AvgIpc) is 2.84. The van der Waals surface area contributed by atoms with E-state index in [0.717, 1.165) is 6.26 Å². The number of ether oxygens (including phenoxy) is 2. The van der Waals surface area contributed by atoms with Gasteiger partial charge in [0.15, 0.2) is 9.84 Å². The summed E-state index contributed by atoms with van der Waals surface area (Å²) in [7, 11) is -3.40. The van der Waals surface area contributed by atoms with Gasteiger partial charge in [0.05, 0.1) is 30.8 Å². The smallest absolute Gasteiger partial charge is 0.289 e. The molecule has 1 aliphatic rings. The number of hydrogen-bond acceptors (Lipinski definition) is 7. The second-order valence-corrected chi connectivity index (χ2v) is 10.3. The zero-order valence-corrected chi connectivity index (χ0v) is 20.4. The molecule has 1 unspecified atom stereocenters. The van der Waals surface area contributed by atoms with E-state index in [1.165, 1.54) is 12.1 Å². The minimum absolute atomic E-state index is 0.0252. The second-order valence-electron chi connectivity index (χ2n) is 8.31. The molecule has 1 aliphatic heterocycles. The quantitative estimate of drug-likeness (QED) is 0.597. The summed E-state index contributed by atoms with van der Waals surface area (Å²) in [6.45, 7) is 1.52. The molecular formula is C25H30N2O7S. The van der Waals surface area contributed by atoms with Crippen molar-refractivity contribution in [3.63, 3.8) is 0 Å². The highest BCUT2D eigenvalue weighted by Gasteiger charge is 2.27. The number of rotatable bonds is 5. The molecular weight excluding hydrogens is 472 g/mol. The molecule has 0 radical (unpaired) electrons. The van der Waals surface area contributed by atoms with Gasteiger partial charge >= 0.3 is 0 Å². The number of sulfone groups is 1. The highest BCUT2D eigenvalue weighted by Crippen LogP contribution is 2.14.